The van der Waals surface area contributed by atoms with Crippen LogP contribution in [0.3, 0.4) is 0 Å². The van der Waals surface area contributed by atoms with Crippen LogP contribution >= 0.6 is 11.8 Å². The Morgan fingerprint density at radius 3 is 2.88 bits per heavy atom. The van der Waals surface area contributed by atoms with Crippen molar-refractivity contribution in [3.8, 4) is 11.4 Å². The van der Waals surface area contributed by atoms with Crippen molar-refractivity contribution in [1.82, 2.24) is 14.8 Å². The molecule has 0 amide bonds. The molecule has 4 nitrogen and oxygen atoms in total. The molecule has 3 heterocycles. The van der Waals surface area contributed by atoms with Gasteiger partial charge in [0.05, 0.1) is 16.4 Å². The van der Waals surface area contributed by atoms with Gasteiger partial charge in [0.1, 0.15) is 5.69 Å². The fourth-order valence-corrected chi connectivity index (χ4v) is 3.39. The molecule has 5 heteroatoms. The summed E-state index contributed by atoms with van der Waals surface area (Å²) in [7, 11) is 0. The predicted molar refractivity (Wildman–Crippen MR) is 112 cm³/mol. The van der Waals surface area contributed by atoms with E-state index in [1.807, 2.05) is 43.7 Å². The zero-order valence-electron chi connectivity index (χ0n) is 15.6. The number of allylic oxidation sites excluding steroid dienone is 4. The van der Waals surface area contributed by atoms with E-state index >= 15 is 0 Å². The largest absolute Gasteiger partial charge is 0.268 e. The number of pyridine rings is 1. The summed E-state index contributed by atoms with van der Waals surface area (Å²) in [6.45, 7) is 8.94. The predicted octanol–water partition coefficient (Wildman–Crippen LogP) is 5.15. The number of aryl methyl sites for hydroxylation is 1. The van der Waals surface area contributed by atoms with Gasteiger partial charge in [0.2, 0.25) is 0 Å². The quantitative estimate of drug-likeness (QED) is 0.419. The van der Waals surface area contributed by atoms with E-state index < -0.39 is 0 Å². The van der Waals surface area contributed by atoms with Crippen LogP contribution in [-0.2, 0) is 13.0 Å². The van der Waals surface area contributed by atoms with Crippen LogP contribution in [-0.4, -0.2) is 26.1 Å². The highest BCUT2D eigenvalue weighted by Gasteiger charge is 2.24. The van der Waals surface area contributed by atoms with Crippen LogP contribution in [0.25, 0.3) is 17.0 Å². The lowest BCUT2D eigenvalue weighted by Crippen LogP contribution is -1.94. The maximum absolute atomic E-state index is 4.85. The van der Waals surface area contributed by atoms with E-state index in [2.05, 4.69) is 34.2 Å². The van der Waals surface area contributed by atoms with Crippen LogP contribution < -0.4 is 0 Å². The van der Waals surface area contributed by atoms with Gasteiger partial charge in [-0.25, -0.2) is 4.99 Å². The molecule has 0 saturated carbocycles. The number of rotatable bonds is 5. The molecule has 0 aromatic carbocycles. The van der Waals surface area contributed by atoms with E-state index in [0.29, 0.717) is 0 Å². The third-order valence-corrected chi connectivity index (χ3v) is 5.06. The topological polar surface area (TPSA) is 43.1 Å². The maximum Gasteiger partial charge on any atom is 0.118 e. The summed E-state index contributed by atoms with van der Waals surface area (Å²) in [6.07, 6.45) is 11.9. The Bertz CT molecular complexity index is 888. The third-order valence-electron chi connectivity index (χ3n) is 4.38. The SMILES string of the molecule is C=C/C=C(\C=C(/C)c1c(-c2ccccn2)nn2c1CCC2)N=C(C)SC. The Kier molecular flexibility index (Phi) is 5.89. The minimum atomic E-state index is 0.897. The van der Waals surface area contributed by atoms with Crippen molar-refractivity contribution in [1.29, 1.82) is 0 Å². The number of aromatic nitrogens is 3. The second-order valence-electron chi connectivity index (χ2n) is 6.20. The Balaban J connectivity index is 2.10. The van der Waals surface area contributed by atoms with E-state index in [4.69, 9.17) is 5.10 Å². The molecular formula is C21H24N4S. The molecule has 0 bridgehead atoms. The Hall–Kier alpha value is -2.40. The number of hydrogen-bond donors (Lipinski definition) is 0. The van der Waals surface area contributed by atoms with E-state index in [-0.39, 0.29) is 0 Å². The van der Waals surface area contributed by atoms with Crippen LogP contribution in [0.2, 0.25) is 0 Å². The molecule has 0 fully saturated rings. The smallest absolute Gasteiger partial charge is 0.118 e. The molecule has 134 valence electrons. The van der Waals surface area contributed by atoms with Gasteiger partial charge in [0.15, 0.2) is 0 Å². The summed E-state index contributed by atoms with van der Waals surface area (Å²) in [5, 5.41) is 5.87. The lowest BCUT2D eigenvalue weighted by molar-refractivity contribution is 0.658. The molecule has 1 aliphatic rings. The van der Waals surface area contributed by atoms with Gasteiger partial charge in [-0.2, -0.15) is 5.10 Å². The van der Waals surface area contributed by atoms with Gasteiger partial charge < -0.3 is 0 Å². The summed E-state index contributed by atoms with van der Waals surface area (Å²) >= 11 is 1.64. The lowest BCUT2D eigenvalue weighted by atomic mass is 10.00. The van der Waals surface area contributed by atoms with Gasteiger partial charge in [0.25, 0.3) is 0 Å². The zero-order valence-corrected chi connectivity index (χ0v) is 16.4. The monoisotopic (exact) mass is 364 g/mol. The van der Waals surface area contributed by atoms with Crippen LogP contribution in [0, 0.1) is 0 Å². The Morgan fingerprint density at radius 2 is 2.19 bits per heavy atom. The normalized spacial score (nSPS) is 15.3. The maximum atomic E-state index is 4.85. The van der Waals surface area contributed by atoms with Gasteiger partial charge in [-0.15, -0.1) is 11.8 Å². The van der Waals surface area contributed by atoms with E-state index in [9.17, 15) is 0 Å². The number of hydrogen-bond acceptors (Lipinski definition) is 4. The molecular weight excluding hydrogens is 340 g/mol. The number of nitrogens with zero attached hydrogens (tertiary/aromatic N) is 4. The second-order valence-corrected chi connectivity index (χ2v) is 7.20. The second kappa shape index (κ2) is 8.32. The standard InChI is InChI=1S/C21H24N4S/c1-5-9-17(23-16(3)26-4)14-15(2)20-19-11-8-13-25(19)24-21(20)18-10-6-7-12-22-18/h5-7,9-10,12,14H,1,8,11,13H2,2-4H3/b15-14+,17-9+,23-16?. The first-order valence-corrected chi connectivity index (χ1v) is 9.98. The van der Waals surface area contributed by atoms with Crippen LogP contribution in [0.1, 0.15) is 31.5 Å². The molecule has 0 aliphatic carbocycles. The molecule has 26 heavy (non-hydrogen) atoms. The lowest BCUT2D eigenvalue weighted by Gasteiger charge is -2.06. The van der Waals surface area contributed by atoms with Crippen LogP contribution in [0.15, 0.2) is 59.9 Å². The van der Waals surface area contributed by atoms with Crippen LogP contribution in [0.5, 0.6) is 0 Å². The third kappa shape index (κ3) is 3.88. The number of aliphatic imine (C=N–C) groups is 1. The number of fused-ring (bicyclic) bond motifs is 1. The fourth-order valence-electron chi connectivity index (χ4n) is 3.19. The van der Waals surface area contributed by atoms with Gasteiger partial charge in [-0.05, 0) is 62.8 Å². The van der Waals surface area contributed by atoms with Crippen molar-refractivity contribution < 1.29 is 0 Å². The highest BCUT2D eigenvalue weighted by molar-refractivity contribution is 8.13. The highest BCUT2D eigenvalue weighted by atomic mass is 32.2. The zero-order chi connectivity index (χ0) is 18.5. The molecule has 3 rings (SSSR count). The molecule has 0 N–H and O–H groups in total. The van der Waals surface area contributed by atoms with Crippen LogP contribution in [0.4, 0.5) is 0 Å². The van der Waals surface area contributed by atoms with E-state index in [1.165, 1.54) is 11.3 Å². The highest BCUT2D eigenvalue weighted by Crippen LogP contribution is 2.34. The molecule has 2 aromatic rings. The van der Waals surface area contributed by atoms with Gasteiger partial charge in [-0.3, -0.25) is 9.67 Å². The summed E-state index contributed by atoms with van der Waals surface area (Å²) in [6, 6.07) is 5.95. The molecule has 0 spiro atoms. The summed E-state index contributed by atoms with van der Waals surface area (Å²) in [5.41, 5.74) is 6.40. The van der Waals surface area contributed by atoms with E-state index in [1.54, 1.807) is 17.8 Å². The van der Waals surface area contributed by atoms with Gasteiger partial charge in [0, 0.05) is 24.0 Å². The first-order chi connectivity index (χ1) is 12.6. The Labute approximate surface area is 159 Å². The first-order valence-electron chi connectivity index (χ1n) is 8.75. The Morgan fingerprint density at radius 1 is 1.35 bits per heavy atom. The average molecular weight is 365 g/mol. The average Bonchev–Trinajstić information content (AvgIpc) is 3.23. The minimum Gasteiger partial charge on any atom is -0.268 e. The summed E-state index contributed by atoms with van der Waals surface area (Å²) in [5.74, 6) is 0. The van der Waals surface area contributed by atoms with Crippen molar-refractivity contribution in [3.05, 3.63) is 66.2 Å². The summed E-state index contributed by atoms with van der Waals surface area (Å²) < 4.78 is 2.13. The molecule has 1 aliphatic heterocycles. The molecule has 0 saturated heterocycles. The molecule has 0 atom stereocenters. The molecule has 2 aromatic heterocycles. The fraction of sp³-hybridized carbons (Fsp3) is 0.286. The van der Waals surface area contributed by atoms with Crippen molar-refractivity contribution in [2.75, 3.05) is 6.26 Å². The molecule has 0 radical (unpaired) electrons. The van der Waals surface area contributed by atoms with Gasteiger partial charge in [-0.1, -0.05) is 18.7 Å². The molecule has 0 unspecified atom stereocenters. The first kappa shape index (κ1) is 18.4. The van der Waals surface area contributed by atoms with Crippen molar-refractivity contribution in [3.63, 3.8) is 0 Å². The van der Waals surface area contributed by atoms with Gasteiger partial charge >= 0.3 is 0 Å². The van der Waals surface area contributed by atoms with Crippen molar-refractivity contribution in [2.45, 2.75) is 33.2 Å². The van der Waals surface area contributed by atoms with E-state index in [0.717, 1.165) is 47.1 Å². The summed E-state index contributed by atoms with van der Waals surface area (Å²) in [4.78, 5) is 9.20. The van der Waals surface area contributed by atoms with Crippen molar-refractivity contribution >= 4 is 22.4 Å². The number of thioether (sulfide) groups is 1. The minimum absolute atomic E-state index is 0.897. The van der Waals surface area contributed by atoms with Crippen molar-refractivity contribution in [2.24, 2.45) is 4.99 Å².